The first-order valence-corrected chi connectivity index (χ1v) is 9.13. The first-order valence-electron chi connectivity index (χ1n) is 9.13. The lowest BCUT2D eigenvalue weighted by Gasteiger charge is -2.11. The normalized spacial score (nSPS) is 11.4. The molecule has 0 radical (unpaired) electrons. The highest BCUT2D eigenvalue weighted by atomic mass is 16.3. The van der Waals surface area contributed by atoms with Crippen LogP contribution in [0.15, 0.2) is 75.2 Å². The molecule has 0 fully saturated rings. The van der Waals surface area contributed by atoms with E-state index >= 15 is 0 Å². The van der Waals surface area contributed by atoms with Gasteiger partial charge in [0.1, 0.15) is 5.56 Å². The largest absolute Gasteiger partial charge is 0.493 e. The highest BCUT2D eigenvalue weighted by Gasteiger charge is 2.14. The first kappa shape index (κ1) is 18.4. The van der Waals surface area contributed by atoms with Crippen molar-refractivity contribution in [1.82, 2.24) is 9.55 Å². The number of aliphatic imine (C=N–C) groups is 1. The van der Waals surface area contributed by atoms with Gasteiger partial charge in [-0.15, -0.1) is 0 Å². The van der Waals surface area contributed by atoms with Crippen molar-refractivity contribution in [2.24, 2.45) is 4.99 Å². The maximum Gasteiger partial charge on any atom is 0.335 e. The summed E-state index contributed by atoms with van der Waals surface area (Å²) in [7, 11) is 0. The average Bonchev–Trinajstić information content (AvgIpc) is 2.70. The molecule has 0 aliphatic heterocycles. The molecule has 0 unspecified atom stereocenters. The second kappa shape index (κ2) is 7.24. The van der Waals surface area contributed by atoms with Crippen molar-refractivity contribution < 1.29 is 5.11 Å². The zero-order chi connectivity index (χ0) is 20.5. The second-order valence-corrected chi connectivity index (χ2v) is 6.89. The fourth-order valence-corrected chi connectivity index (χ4v) is 3.16. The van der Waals surface area contributed by atoms with E-state index in [-0.39, 0.29) is 5.56 Å². The highest BCUT2D eigenvalue weighted by molar-refractivity contribution is 5.88. The van der Waals surface area contributed by atoms with Crippen molar-refractivity contribution in [2.45, 2.75) is 13.8 Å². The van der Waals surface area contributed by atoms with Gasteiger partial charge in [-0.2, -0.15) is 0 Å². The number of nitrogens with one attached hydrogen (secondary N) is 1. The Balaban J connectivity index is 1.81. The van der Waals surface area contributed by atoms with Crippen molar-refractivity contribution in [3.63, 3.8) is 0 Å². The molecule has 0 aliphatic carbocycles. The maximum absolute atomic E-state index is 12.3. The third-order valence-corrected chi connectivity index (χ3v) is 4.95. The topological polar surface area (TPSA) is 87.4 Å². The number of fused-ring (bicyclic) bond motifs is 1. The van der Waals surface area contributed by atoms with Gasteiger partial charge >= 0.3 is 5.69 Å². The number of aromatic hydroxyl groups is 1. The molecule has 4 aromatic rings. The summed E-state index contributed by atoms with van der Waals surface area (Å²) in [6.07, 6.45) is 1.27. The Bertz CT molecular complexity index is 1380. The van der Waals surface area contributed by atoms with Crippen LogP contribution < -0.4 is 11.2 Å². The summed E-state index contributed by atoms with van der Waals surface area (Å²) in [5, 5.41) is 12.8. The molecule has 0 saturated carbocycles. The van der Waals surface area contributed by atoms with Crippen molar-refractivity contribution in [3.8, 4) is 11.6 Å². The Hall–Kier alpha value is -3.93. The number of hydrogen-bond donors (Lipinski definition) is 2. The minimum atomic E-state index is -0.710. The molecule has 0 saturated heterocycles. The zero-order valence-electron chi connectivity index (χ0n) is 16.0. The lowest BCUT2D eigenvalue weighted by molar-refractivity contribution is 0.430. The van der Waals surface area contributed by atoms with Gasteiger partial charge in [-0.05, 0) is 60.0 Å². The van der Waals surface area contributed by atoms with Gasteiger partial charge in [0.05, 0.1) is 11.4 Å². The molecule has 0 amide bonds. The summed E-state index contributed by atoms with van der Waals surface area (Å²) in [4.78, 5) is 31.2. The lowest BCUT2D eigenvalue weighted by Crippen LogP contribution is -2.31. The highest BCUT2D eigenvalue weighted by Crippen LogP contribution is 2.22. The quantitative estimate of drug-likeness (QED) is 0.527. The average molecular weight is 385 g/mol. The number of aromatic amines is 1. The third-order valence-electron chi connectivity index (χ3n) is 4.95. The van der Waals surface area contributed by atoms with Gasteiger partial charge in [-0.1, -0.05) is 36.4 Å². The molecule has 0 bridgehead atoms. The summed E-state index contributed by atoms with van der Waals surface area (Å²) in [6.45, 7) is 3.87. The van der Waals surface area contributed by atoms with E-state index in [0.717, 1.165) is 26.5 Å². The molecule has 0 aliphatic rings. The number of nitrogens with zero attached hydrogens (tertiary/aromatic N) is 2. The van der Waals surface area contributed by atoms with E-state index in [4.69, 9.17) is 0 Å². The first-order chi connectivity index (χ1) is 13.9. The van der Waals surface area contributed by atoms with E-state index in [0.29, 0.717) is 11.4 Å². The predicted molar refractivity (Wildman–Crippen MR) is 115 cm³/mol. The van der Waals surface area contributed by atoms with Gasteiger partial charge in [0, 0.05) is 6.21 Å². The Morgan fingerprint density at radius 1 is 0.931 bits per heavy atom. The summed E-state index contributed by atoms with van der Waals surface area (Å²) >= 11 is 0. The monoisotopic (exact) mass is 385 g/mol. The Morgan fingerprint density at radius 2 is 1.69 bits per heavy atom. The molecule has 29 heavy (non-hydrogen) atoms. The molecule has 1 heterocycles. The van der Waals surface area contributed by atoms with Gasteiger partial charge in [0.2, 0.25) is 5.88 Å². The summed E-state index contributed by atoms with van der Waals surface area (Å²) < 4.78 is 1.07. The number of aryl methyl sites for hydroxylation is 2. The number of rotatable bonds is 3. The van der Waals surface area contributed by atoms with E-state index in [1.807, 2.05) is 62.4 Å². The van der Waals surface area contributed by atoms with E-state index in [9.17, 15) is 14.7 Å². The van der Waals surface area contributed by atoms with Gasteiger partial charge in [0.15, 0.2) is 0 Å². The summed E-state index contributed by atoms with van der Waals surface area (Å²) in [5.41, 5.74) is 1.63. The van der Waals surface area contributed by atoms with Gasteiger partial charge in [-0.3, -0.25) is 14.8 Å². The standard InChI is InChI=1S/C23H19N3O3/c1-14-7-10-19(11-15(14)2)26-22(28)20(21(27)25-23(26)29)13-24-18-9-8-16-5-3-4-6-17(16)12-18/h3-13,28H,1-2H3,(H,25,27,29). The fourth-order valence-electron chi connectivity index (χ4n) is 3.16. The van der Waals surface area contributed by atoms with Crippen molar-refractivity contribution in [1.29, 1.82) is 0 Å². The Labute approximate surface area is 166 Å². The summed E-state index contributed by atoms with van der Waals surface area (Å²) in [5.74, 6) is -0.452. The second-order valence-electron chi connectivity index (χ2n) is 6.89. The molecule has 0 spiro atoms. The van der Waals surface area contributed by atoms with Crippen LogP contribution in [0.5, 0.6) is 5.88 Å². The van der Waals surface area contributed by atoms with E-state index < -0.39 is 17.1 Å². The Kier molecular flexibility index (Phi) is 4.60. The minimum absolute atomic E-state index is 0.0870. The molecule has 0 atom stereocenters. The predicted octanol–water partition coefficient (Wildman–Crippen LogP) is 3.75. The molecule has 4 rings (SSSR count). The van der Waals surface area contributed by atoms with Crippen LogP contribution in [0.25, 0.3) is 16.5 Å². The van der Waals surface area contributed by atoms with Crippen molar-refractivity contribution in [3.05, 3.63) is 98.2 Å². The third kappa shape index (κ3) is 3.48. The van der Waals surface area contributed by atoms with Crippen molar-refractivity contribution in [2.75, 3.05) is 0 Å². The van der Waals surface area contributed by atoms with Crippen LogP contribution >= 0.6 is 0 Å². The van der Waals surface area contributed by atoms with Gasteiger partial charge in [0.25, 0.3) is 5.56 Å². The zero-order valence-corrected chi connectivity index (χ0v) is 16.0. The Morgan fingerprint density at radius 3 is 2.45 bits per heavy atom. The van der Waals surface area contributed by atoms with E-state index in [2.05, 4.69) is 9.98 Å². The number of H-pyrrole nitrogens is 1. The molecule has 3 aromatic carbocycles. The molecule has 1 aromatic heterocycles. The molecule has 2 N–H and O–H groups in total. The molecule has 6 nitrogen and oxygen atoms in total. The smallest absolute Gasteiger partial charge is 0.335 e. The van der Waals surface area contributed by atoms with Gasteiger partial charge in [-0.25, -0.2) is 9.36 Å². The van der Waals surface area contributed by atoms with Crippen LogP contribution in [0.1, 0.15) is 16.7 Å². The fraction of sp³-hybridized carbons (Fsp3) is 0.0870. The molecular formula is C23H19N3O3. The van der Waals surface area contributed by atoms with Crippen LogP contribution in [0.3, 0.4) is 0 Å². The van der Waals surface area contributed by atoms with Crippen molar-refractivity contribution >= 4 is 22.7 Å². The van der Waals surface area contributed by atoms with Gasteiger partial charge < -0.3 is 5.11 Å². The molecule has 6 heteroatoms. The maximum atomic E-state index is 12.3. The number of hydrogen-bond acceptors (Lipinski definition) is 4. The van der Waals surface area contributed by atoms with Crippen LogP contribution in [-0.4, -0.2) is 20.9 Å². The van der Waals surface area contributed by atoms with Crippen LogP contribution in [0.2, 0.25) is 0 Å². The molecular weight excluding hydrogens is 366 g/mol. The minimum Gasteiger partial charge on any atom is -0.493 e. The van der Waals surface area contributed by atoms with E-state index in [1.165, 1.54) is 6.21 Å². The van der Waals surface area contributed by atoms with Crippen LogP contribution in [0, 0.1) is 13.8 Å². The van der Waals surface area contributed by atoms with Crippen LogP contribution in [0.4, 0.5) is 5.69 Å². The SMILES string of the molecule is Cc1ccc(-n2c(O)c(C=Nc3ccc4ccccc4c3)c(=O)[nH]c2=O)cc1C. The number of benzene rings is 3. The number of aromatic nitrogens is 2. The van der Waals surface area contributed by atoms with Crippen LogP contribution in [-0.2, 0) is 0 Å². The summed E-state index contributed by atoms with van der Waals surface area (Å²) in [6, 6.07) is 18.8. The van der Waals surface area contributed by atoms with E-state index in [1.54, 1.807) is 12.1 Å². The molecule has 144 valence electrons. The lowest BCUT2D eigenvalue weighted by atomic mass is 10.1.